The Balaban J connectivity index is 1.56. The van der Waals surface area contributed by atoms with Gasteiger partial charge in [-0.3, -0.25) is 14.9 Å². The molecule has 0 atom stereocenters. The Morgan fingerprint density at radius 1 is 1.04 bits per heavy atom. The molecule has 1 aromatic heterocycles. The molecular weight excluding hydrogens is 588 g/mol. The van der Waals surface area contributed by atoms with E-state index in [0.29, 0.717) is 40.0 Å². The summed E-state index contributed by atoms with van der Waals surface area (Å²) in [5, 5.41) is 26.1. The highest BCUT2D eigenvalue weighted by Gasteiger charge is 2.20. The zero-order chi connectivity index (χ0) is 33.0. The Morgan fingerprint density at radius 3 is 2.54 bits per heavy atom. The van der Waals surface area contributed by atoms with E-state index in [1.54, 1.807) is 36.4 Å². The zero-order valence-corrected chi connectivity index (χ0v) is 25.8. The van der Waals surface area contributed by atoms with Crippen LogP contribution in [-0.2, 0) is 6.61 Å². The first-order valence-corrected chi connectivity index (χ1v) is 14.6. The van der Waals surface area contributed by atoms with Crippen LogP contribution in [0.2, 0.25) is 0 Å². The fraction of sp³-hybridized carbons (Fsp3) is 0.200. The smallest absolute Gasteiger partial charge is 0.335 e. The lowest BCUT2D eigenvalue weighted by atomic mass is 9.96. The molecule has 234 valence electrons. The molecule has 0 amide bonds. The second-order valence-corrected chi connectivity index (χ2v) is 10.9. The van der Waals surface area contributed by atoms with Crippen LogP contribution in [0, 0.1) is 17.0 Å². The van der Waals surface area contributed by atoms with Crippen LogP contribution in [0.25, 0.3) is 22.3 Å². The summed E-state index contributed by atoms with van der Waals surface area (Å²) in [4.78, 5) is 41.3. The van der Waals surface area contributed by atoms with Crippen molar-refractivity contribution in [2.75, 3.05) is 6.61 Å². The normalized spacial score (nSPS) is 11.3. The van der Waals surface area contributed by atoms with E-state index in [2.05, 4.69) is 18.9 Å². The number of rotatable bonds is 11. The maximum absolute atomic E-state index is 13.8. The molecule has 0 aliphatic rings. The minimum absolute atomic E-state index is 0.000617. The fourth-order valence-electron chi connectivity index (χ4n) is 5.04. The molecule has 0 aliphatic carbocycles. The molecule has 11 heteroatoms. The van der Waals surface area contributed by atoms with Gasteiger partial charge in [-0.15, -0.1) is 0 Å². The van der Waals surface area contributed by atoms with Crippen LogP contribution in [-0.4, -0.2) is 38.5 Å². The predicted molar refractivity (Wildman–Crippen MR) is 175 cm³/mol. The highest BCUT2D eigenvalue weighted by Crippen LogP contribution is 2.34. The van der Waals surface area contributed by atoms with Crippen molar-refractivity contribution in [1.82, 2.24) is 9.66 Å². The molecule has 5 aromatic rings. The second kappa shape index (κ2) is 13.4. The van der Waals surface area contributed by atoms with Crippen molar-refractivity contribution in [1.29, 1.82) is 0 Å². The number of nitro groups is 1. The third kappa shape index (κ3) is 6.63. The summed E-state index contributed by atoms with van der Waals surface area (Å²) in [5.74, 6) is 0.131. The molecule has 11 nitrogen and oxygen atoms in total. The van der Waals surface area contributed by atoms with Crippen LogP contribution >= 0.6 is 0 Å². The number of carboxylic acid groups (broad SMARTS) is 1. The topological polar surface area (TPSA) is 146 Å². The summed E-state index contributed by atoms with van der Waals surface area (Å²) in [7, 11) is 0. The van der Waals surface area contributed by atoms with Crippen LogP contribution in [0.15, 0.2) is 88.8 Å². The average Bonchev–Trinajstić information content (AvgIpc) is 3.03. The van der Waals surface area contributed by atoms with Crippen molar-refractivity contribution in [3.8, 4) is 22.9 Å². The van der Waals surface area contributed by atoms with E-state index in [9.17, 15) is 24.8 Å². The number of para-hydroxylation sites is 1. The quantitative estimate of drug-likeness (QED) is 0.0947. The third-order valence-electron chi connectivity index (χ3n) is 7.34. The minimum atomic E-state index is -1.08. The Morgan fingerprint density at radius 2 is 1.83 bits per heavy atom. The number of aromatic nitrogens is 2. The molecule has 0 saturated heterocycles. The largest absolute Gasteiger partial charge is 0.494 e. The molecule has 0 bridgehead atoms. The number of aromatic carboxylic acids is 1. The van der Waals surface area contributed by atoms with Gasteiger partial charge in [0.25, 0.3) is 5.56 Å². The van der Waals surface area contributed by atoms with Crippen molar-refractivity contribution in [3.05, 3.63) is 127 Å². The Hall–Kier alpha value is -5.84. The number of nitrogens with zero attached hydrogens (tertiary/aromatic N) is 4. The lowest BCUT2D eigenvalue weighted by molar-refractivity contribution is -0.385. The van der Waals surface area contributed by atoms with Gasteiger partial charge in [0, 0.05) is 17.2 Å². The summed E-state index contributed by atoms with van der Waals surface area (Å²) in [6.45, 7) is 8.39. The Labute approximate surface area is 264 Å². The van der Waals surface area contributed by atoms with E-state index in [-0.39, 0.29) is 29.5 Å². The molecule has 0 aliphatic heterocycles. The summed E-state index contributed by atoms with van der Waals surface area (Å²) in [6, 6.07) is 21.4. The van der Waals surface area contributed by atoms with Gasteiger partial charge in [-0.2, -0.15) is 9.78 Å². The molecule has 0 radical (unpaired) electrons. The average molecular weight is 621 g/mol. The molecule has 4 aromatic carbocycles. The van der Waals surface area contributed by atoms with Crippen LogP contribution < -0.4 is 15.0 Å². The zero-order valence-electron chi connectivity index (χ0n) is 25.8. The first-order valence-electron chi connectivity index (χ1n) is 14.6. The first kappa shape index (κ1) is 31.6. The maximum atomic E-state index is 13.8. The lowest BCUT2D eigenvalue weighted by Gasteiger charge is -2.18. The minimum Gasteiger partial charge on any atom is -0.494 e. The standard InChI is InChI=1S/C35H32N4O7/c1-5-45-32-15-22(4)28(18-27(32)21(2)3)33-37-29-12-7-6-11-26(29)34(40)38(33)36-19-23-13-14-31(30(17-23)39(43)44)46-20-24-9-8-10-25(16-24)35(41)42/h6-19,21H,5,20H2,1-4H3,(H,41,42). The highest BCUT2D eigenvalue weighted by molar-refractivity contribution is 5.87. The predicted octanol–water partition coefficient (Wildman–Crippen LogP) is 6.96. The van der Waals surface area contributed by atoms with Crippen molar-refractivity contribution in [2.24, 2.45) is 5.10 Å². The summed E-state index contributed by atoms with van der Waals surface area (Å²) in [5.41, 5.74) is 3.28. The molecule has 0 saturated carbocycles. The van der Waals surface area contributed by atoms with Crippen LogP contribution in [0.5, 0.6) is 11.5 Å². The number of carboxylic acids is 1. The SMILES string of the molecule is CCOc1cc(C)c(-c2nc3ccccc3c(=O)n2N=Cc2ccc(OCc3cccc(C(=O)O)c3)c([N+](=O)[O-])c2)cc1C(C)C. The molecule has 1 heterocycles. The van der Waals surface area contributed by atoms with Crippen molar-refractivity contribution in [2.45, 2.75) is 40.2 Å². The van der Waals surface area contributed by atoms with Crippen LogP contribution in [0.3, 0.4) is 0 Å². The second-order valence-electron chi connectivity index (χ2n) is 10.9. The van der Waals surface area contributed by atoms with E-state index in [0.717, 1.165) is 16.9 Å². The first-order chi connectivity index (χ1) is 22.1. The van der Waals surface area contributed by atoms with Crippen LogP contribution in [0.1, 0.15) is 59.3 Å². The van der Waals surface area contributed by atoms with Gasteiger partial charge in [-0.05, 0) is 85.0 Å². The number of aryl methyl sites for hydroxylation is 1. The number of ether oxygens (including phenoxy) is 2. The third-order valence-corrected chi connectivity index (χ3v) is 7.34. The summed E-state index contributed by atoms with van der Waals surface area (Å²) in [6.07, 6.45) is 1.36. The van der Waals surface area contributed by atoms with Crippen molar-refractivity contribution >= 4 is 28.8 Å². The summed E-state index contributed by atoms with van der Waals surface area (Å²) >= 11 is 0. The maximum Gasteiger partial charge on any atom is 0.335 e. The van der Waals surface area contributed by atoms with Gasteiger partial charge in [0.2, 0.25) is 0 Å². The molecule has 46 heavy (non-hydrogen) atoms. The number of carbonyl (C=O) groups is 1. The number of nitro benzene ring substituents is 1. The van der Waals surface area contributed by atoms with Crippen molar-refractivity contribution < 1.29 is 24.3 Å². The van der Waals surface area contributed by atoms with Crippen molar-refractivity contribution in [3.63, 3.8) is 0 Å². The molecule has 5 rings (SSSR count). The number of benzene rings is 4. The monoisotopic (exact) mass is 620 g/mol. The van der Waals surface area contributed by atoms with Gasteiger partial charge in [-0.1, -0.05) is 38.1 Å². The van der Waals surface area contributed by atoms with Gasteiger partial charge < -0.3 is 14.6 Å². The van der Waals surface area contributed by atoms with Gasteiger partial charge in [0.05, 0.1) is 34.2 Å². The molecule has 0 spiro atoms. The van der Waals surface area contributed by atoms with Gasteiger partial charge in [0.1, 0.15) is 12.4 Å². The molecular formula is C35H32N4O7. The van der Waals surface area contributed by atoms with Crippen LogP contribution in [0.4, 0.5) is 5.69 Å². The fourth-order valence-corrected chi connectivity index (χ4v) is 5.04. The number of hydrogen-bond acceptors (Lipinski definition) is 8. The van der Waals surface area contributed by atoms with E-state index in [1.807, 2.05) is 32.0 Å². The van der Waals surface area contributed by atoms with E-state index < -0.39 is 16.5 Å². The van der Waals surface area contributed by atoms with Gasteiger partial charge in [-0.25, -0.2) is 9.78 Å². The van der Waals surface area contributed by atoms with E-state index in [1.165, 1.54) is 35.2 Å². The lowest BCUT2D eigenvalue weighted by Crippen LogP contribution is -2.21. The summed E-state index contributed by atoms with van der Waals surface area (Å²) < 4.78 is 12.8. The Kier molecular flexibility index (Phi) is 9.22. The van der Waals surface area contributed by atoms with Gasteiger partial charge >= 0.3 is 11.7 Å². The molecule has 1 N–H and O–H groups in total. The number of hydrogen-bond donors (Lipinski definition) is 1. The van der Waals surface area contributed by atoms with E-state index in [4.69, 9.17) is 14.5 Å². The Bertz CT molecular complexity index is 2050. The highest BCUT2D eigenvalue weighted by atomic mass is 16.6. The van der Waals surface area contributed by atoms with Gasteiger partial charge in [0.15, 0.2) is 11.6 Å². The molecule has 0 fully saturated rings. The van der Waals surface area contributed by atoms with E-state index >= 15 is 0 Å². The molecule has 0 unspecified atom stereocenters. The number of fused-ring (bicyclic) bond motifs is 1.